The van der Waals surface area contributed by atoms with Crippen LogP contribution in [-0.4, -0.2) is 49.6 Å². The summed E-state index contributed by atoms with van der Waals surface area (Å²) in [6.45, 7) is 7.61. The second kappa shape index (κ2) is 8.05. The molecular weight excluding hydrogens is 423 g/mol. The lowest BCUT2D eigenvalue weighted by molar-refractivity contribution is -0.0701. The van der Waals surface area contributed by atoms with Crippen LogP contribution >= 0.6 is 11.6 Å². The van der Waals surface area contributed by atoms with Crippen molar-refractivity contribution in [2.24, 2.45) is 7.05 Å². The van der Waals surface area contributed by atoms with Gasteiger partial charge in [0.15, 0.2) is 0 Å². The summed E-state index contributed by atoms with van der Waals surface area (Å²) in [7, 11) is 1.69. The Labute approximate surface area is 184 Å². The lowest BCUT2D eigenvalue weighted by atomic mass is 10.1. The maximum absolute atomic E-state index is 14.4. The summed E-state index contributed by atoms with van der Waals surface area (Å²) in [4.78, 5) is 14.7. The molecule has 8 nitrogen and oxygen atoms in total. The molecule has 1 aromatic carbocycles. The van der Waals surface area contributed by atoms with Crippen molar-refractivity contribution in [1.82, 2.24) is 24.8 Å². The number of nitrogens with zero attached hydrogens (tertiary/aromatic N) is 6. The first-order chi connectivity index (χ1) is 14.6. The van der Waals surface area contributed by atoms with E-state index in [1.807, 2.05) is 20.8 Å². The molecule has 0 bridgehead atoms. The van der Waals surface area contributed by atoms with Crippen LogP contribution < -0.4 is 10.5 Å². The van der Waals surface area contributed by atoms with Crippen LogP contribution in [0.2, 0.25) is 5.02 Å². The SMILES string of the molecule is Cn1nnc(-c2ccc(Cl)cc2F)c1Cn1ncc(N2CC(OC(C)(C)C)C2)cc1=O. The van der Waals surface area contributed by atoms with Crippen molar-refractivity contribution in [1.29, 1.82) is 0 Å². The summed E-state index contributed by atoms with van der Waals surface area (Å²) in [5.74, 6) is -0.505. The maximum atomic E-state index is 14.4. The Morgan fingerprint density at radius 3 is 2.65 bits per heavy atom. The molecule has 3 aromatic rings. The molecule has 0 saturated carbocycles. The Hall–Kier alpha value is -2.78. The zero-order chi connectivity index (χ0) is 22.3. The van der Waals surface area contributed by atoms with Crippen LogP contribution in [0.25, 0.3) is 11.3 Å². The number of anilines is 1. The van der Waals surface area contributed by atoms with Gasteiger partial charge in [0.05, 0.1) is 35.8 Å². The molecular formula is C21H24ClFN6O2. The molecule has 1 aliphatic rings. The van der Waals surface area contributed by atoms with E-state index >= 15 is 0 Å². The van der Waals surface area contributed by atoms with E-state index in [9.17, 15) is 9.18 Å². The highest BCUT2D eigenvalue weighted by molar-refractivity contribution is 6.30. The Morgan fingerprint density at radius 1 is 1.26 bits per heavy atom. The minimum Gasteiger partial charge on any atom is -0.369 e. The first kappa shape index (κ1) is 21.5. The summed E-state index contributed by atoms with van der Waals surface area (Å²) in [5, 5.41) is 12.7. The Bertz CT molecular complexity index is 1160. The predicted molar refractivity (Wildman–Crippen MR) is 116 cm³/mol. The molecule has 164 valence electrons. The maximum Gasteiger partial charge on any atom is 0.269 e. The molecule has 1 aliphatic heterocycles. The number of hydrogen-bond donors (Lipinski definition) is 0. The quantitative estimate of drug-likeness (QED) is 0.599. The highest BCUT2D eigenvalue weighted by atomic mass is 35.5. The Balaban J connectivity index is 1.53. The highest BCUT2D eigenvalue weighted by Crippen LogP contribution is 2.27. The third kappa shape index (κ3) is 4.62. The van der Waals surface area contributed by atoms with E-state index < -0.39 is 5.82 Å². The van der Waals surface area contributed by atoms with Gasteiger partial charge in [-0.3, -0.25) is 4.79 Å². The van der Waals surface area contributed by atoms with Gasteiger partial charge in [0.2, 0.25) is 0 Å². The van der Waals surface area contributed by atoms with Gasteiger partial charge in [-0.1, -0.05) is 16.8 Å². The van der Waals surface area contributed by atoms with E-state index in [0.29, 0.717) is 29.5 Å². The monoisotopic (exact) mass is 446 g/mol. The number of halogens is 2. The molecule has 0 aliphatic carbocycles. The zero-order valence-corrected chi connectivity index (χ0v) is 18.6. The standard InChI is InChI=1S/C21H24ClFN6O2/c1-21(2,3)31-15-10-28(11-15)14-8-19(30)29(24-9-14)12-18-20(25-26-27(18)4)16-6-5-13(22)7-17(16)23/h5-9,15H,10-12H2,1-4H3. The average molecular weight is 447 g/mol. The van der Waals surface area contributed by atoms with Crippen molar-refractivity contribution in [3.63, 3.8) is 0 Å². The summed E-state index contributed by atoms with van der Waals surface area (Å²) >= 11 is 5.85. The van der Waals surface area contributed by atoms with Crippen molar-refractivity contribution < 1.29 is 9.13 Å². The van der Waals surface area contributed by atoms with Crippen molar-refractivity contribution in [2.45, 2.75) is 39.0 Å². The van der Waals surface area contributed by atoms with Crippen LogP contribution in [0.1, 0.15) is 26.5 Å². The fraction of sp³-hybridized carbons (Fsp3) is 0.429. The van der Waals surface area contributed by atoms with Crippen LogP contribution in [0.5, 0.6) is 0 Å². The van der Waals surface area contributed by atoms with Crippen molar-refractivity contribution in [2.75, 3.05) is 18.0 Å². The third-order valence-corrected chi connectivity index (χ3v) is 5.25. The van der Waals surface area contributed by atoms with Gasteiger partial charge in [-0.05, 0) is 39.0 Å². The molecule has 4 rings (SSSR count). The van der Waals surface area contributed by atoms with Crippen LogP contribution in [0, 0.1) is 5.82 Å². The van der Waals surface area contributed by atoms with Crippen LogP contribution in [0.3, 0.4) is 0 Å². The fourth-order valence-corrected chi connectivity index (χ4v) is 3.68. The smallest absolute Gasteiger partial charge is 0.269 e. The van der Waals surface area contributed by atoms with Crippen molar-refractivity contribution >= 4 is 17.3 Å². The molecule has 31 heavy (non-hydrogen) atoms. The van der Waals surface area contributed by atoms with Gasteiger partial charge in [0.25, 0.3) is 5.56 Å². The molecule has 0 spiro atoms. The molecule has 0 amide bonds. The third-order valence-electron chi connectivity index (χ3n) is 5.02. The van der Waals surface area contributed by atoms with Gasteiger partial charge in [0, 0.05) is 36.8 Å². The van der Waals surface area contributed by atoms with E-state index in [-0.39, 0.29) is 29.4 Å². The van der Waals surface area contributed by atoms with Gasteiger partial charge in [-0.25, -0.2) is 13.8 Å². The number of hydrogen-bond acceptors (Lipinski definition) is 6. The van der Waals surface area contributed by atoms with E-state index in [0.717, 1.165) is 5.69 Å². The summed E-state index contributed by atoms with van der Waals surface area (Å²) in [6.07, 6.45) is 1.79. The number of aryl methyl sites for hydroxylation is 1. The van der Waals surface area contributed by atoms with Gasteiger partial charge in [-0.2, -0.15) is 5.10 Å². The highest BCUT2D eigenvalue weighted by Gasteiger charge is 2.31. The van der Waals surface area contributed by atoms with E-state index in [1.165, 1.54) is 15.4 Å². The summed E-state index contributed by atoms with van der Waals surface area (Å²) in [5.41, 5.74) is 1.47. The number of ether oxygens (including phenoxy) is 1. The molecule has 2 aromatic heterocycles. The van der Waals surface area contributed by atoms with Gasteiger partial charge >= 0.3 is 0 Å². The molecule has 0 radical (unpaired) electrons. The first-order valence-electron chi connectivity index (χ1n) is 9.94. The molecule has 0 unspecified atom stereocenters. The van der Waals surface area contributed by atoms with Crippen molar-refractivity contribution in [3.8, 4) is 11.3 Å². The number of benzene rings is 1. The molecule has 3 heterocycles. The second-order valence-corrected chi connectivity index (χ2v) is 9.04. The minimum atomic E-state index is -0.505. The van der Waals surface area contributed by atoms with Crippen molar-refractivity contribution in [3.05, 3.63) is 57.3 Å². The average Bonchev–Trinajstić information content (AvgIpc) is 2.99. The minimum absolute atomic E-state index is 0.107. The van der Waals surface area contributed by atoms with Crippen LogP contribution in [0.4, 0.5) is 10.1 Å². The lowest BCUT2D eigenvalue weighted by Crippen LogP contribution is -2.54. The molecule has 0 N–H and O–H groups in total. The number of rotatable bonds is 5. The van der Waals surface area contributed by atoms with Gasteiger partial charge < -0.3 is 9.64 Å². The van der Waals surface area contributed by atoms with Crippen LogP contribution in [-0.2, 0) is 18.3 Å². The van der Waals surface area contributed by atoms with E-state index in [2.05, 4.69) is 20.3 Å². The number of aromatic nitrogens is 5. The first-order valence-corrected chi connectivity index (χ1v) is 10.3. The topological polar surface area (TPSA) is 78.1 Å². The van der Waals surface area contributed by atoms with E-state index in [1.54, 1.807) is 31.4 Å². The molecule has 10 heteroatoms. The van der Waals surface area contributed by atoms with Gasteiger partial charge in [-0.15, -0.1) is 5.10 Å². The molecule has 1 saturated heterocycles. The Morgan fingerprint density at radius 2 is 2.00 bits per heavy atom. The Kier molecular flexibility index (Phi) is 5.57. The normalized spacial score (nSPS) is 14.7. The van der Waals surface area contributed by atoms with E-state index in [4.69, 9.17) is 16.3 Å². The zero-order valence-electron chi connectivity index (χ0n) is 17.8. The van der Waals surface area contributed by atoms with Gasteiger partial charge in [0.1, 0.15) is 11.5 Å². The molecule has 1 fully saturated rings. The lowest BCUT2D eigenvalue weighted by Gasteiger charge is -2.43. The predicted octanol–water partition coefficient (Wildman–Crippen LogP) is 2.88. The fourth-order valence-electron chi connectivity index (χ4n) is 3.53. The van der Waals surface area contributed by atoms with Crippen LogP contribution in [0.15, 0.2) is 35.3 Å². The largest absolute Gasteiger partial charge is 0.369 e. The summed E-state index contributed by atoms with van der Waals surface area (Å²) < 4.78 is 23.2. The second-order valence-electron chi connectivity index (χ2n) is 8.60. The summed E-state index contributed by atoms with van der Waals surface area (Å²) in [6, 6.07) is 5.90. The molecule has 0 atom stereocenters.